The predicted molar refractivity (Wildman–Crippen MR) is 73.2 cm³/mol. The zero-order chi connectivity index (χ0) is 13.0. The first-order valence-electron chi connectivity index (χ1n) is 6.53. The Hall–Kier alpha value is -1.26. The van der Waals surface area contributed by atoms with Crippen molar-refractivity contribution >= 4 is 5.69 Å². The van der Waals surface area contributed by atoms with Crippen LogP contribution in [0.5, 0.6) is 5.75 Å². The van der Waals surface area contributed by atoms with Gasteiger partial charge in [-0.3, -0.25) is 0 Å². The van der Waals surface area contributed by atoms with E-state index in [9.17, 15) is 0 Å². The Labute approximate surface area is 109 Å². The Morgan fingerprint density at radius 3 is 2.94 bits per heavy atom. The second-order valence-corrected chi connectivity index (χ2v) is 4.81. The summed E-state index contributed by atoms with van der Waals surface area (Å²) in [4.78, 5) is 2.29. The lowest BCUT2D eigenvalue weighted by Crippen LogP contribution is -2.45. The third-order valence-electron chi connectivity index (χ3n) is 2.97. The van der Waals surface area contributed by atoms with Crippen molar-refractivity contribution in [2.75, 3.05) is 31.1 Å². The van der Waals surface area contributed by atoms with E-state index in [0.29, 0.717) is 6.54 Å². The normalized spacial score (nSPS) is 20.2. The van der Waals surface area contributed by atoms with Crippen molar-refractivity contribution in [3.8, 4) is 5.75 Å². The molecule has 1 heterocycles. The van der Waals surface area contributed by atoms with E-state index >= 15 is 0 Å². The van der Waals surface area contributed by atoms with E-state index in [1.165, 1.54) is 0 Å². The van der Waals surface area contributed by atoms with Gasteiger partial charge >= 0.3 is 0 Å². The van der Waals surface area contributed by atoms with E-state index in [-0.39, 0.29) is 12.2 Å². The second kappa shape index (κ2) is 6.07. The number of rotatable bonds is 4. The van der Waals surface area contributed by atoms with Crippen LogP contribution in [0.3, 0.4) is 0 Å². The van der Waals surface area contributed by atoms with Crippen molar-refractivity contribution in [2.24, 2.45) is 5.73 Å². The van der Waals surface area contributed by atoms with Crippen LogP contribution in [0.1, 0.15) is 13.8 Å². The van der Waals surface area contributed by atoms with Crippen molar-refractivity contribution in [1.82, 2.24) is 0 Å². The molecule has 1 atom stereocenters. The van der Waals surface area contributed by atoms with Gasteiger partial charge in [0.15, 0.2) is 0 Å². The highest BCUT2D eigenvalue weighted by Crippen LogP contribution is 2.30. The average molecular weight is 250 g/mol. The lowest BCUT2D eigenvalue weighted by molar-refractivity contribution is 0.0463. The van der Waals surface area contributed by atoms with Crippen molar-refractivity contribution in [1.29, 1.82) is 0 Å². The SMILES string of the molecule is CC(C)Oc1ccccc1N1CCOC(CN)C1. The Morgan fingerprint density at radius 1 is 1.44 bits per heavy atom. The number of nitrogens with two attached hydrogens (primary N) is 1. The largest absolute Gasteiger partial charge is 0.489 e. The van der Waals surface area contributed by atoms with Gasteiger partial charge in [0.25, 0.3) is 0 Å². The van der Waals surface area contributed by atoms with Crippen LogP contribution >= 0.6 is 0 Å². The summed E-state index contributed by atoms with van der Waals surface area (Å²) in [6.07, 6.45) is 0.295. The summed E-state index contributed by atoms with van der Waals surface area (Å²) >= 11 is 0. The molecule has 0 aliphatic carbocycles. The van der Waals surface area contributed by atoms with Crippen LogP contribution in [0.2, 0.25) is 0 Å². The first-order valence-corrected chi connectivity index (χ1v) is 6.53. The van der Waals surface area contributed by atoms with Crippen LogP contribution in [0.4, 0.5) is 5.69 Å². The molecule has 2 N–H and O–H groups in total. The molecule has 100 valence electrons. The number of nitrogens with zero attached hydrogens (tertiary/aromatic N) is 1. The zero-order valence-corrected chi connectivity index (χ0v) is 11.1. The highest BCUT2D eigenvalue weighted by Gasteiger charge is 2.21. The number of benzene rings is 1. The number of hydrogen-bond donors (Lipinski definition) is 1. The molecule has 0 saturated carbocycles. The highest BCUT2D eigenvalue weighted by atomic mass is 16.5. The third-order valence-corrected chi connectivity index (χ3v) is 2.97. The minimum absolute atomic E-state index is 0.117. The van der Waals surface area contributed by atoms with Crippen LogP contribution in [-0.2, 0) is 4.74 Å². The molecule has 1 fully saturated rings. The number of hydrogen-bond acceptors (Lipinski definition) is 4. The highest BCUT2D eigenvalue weighted by molar-refractivity contribution is 5.58. The van der Waals surface area contributed by atoms with Crippen LogP contribution < -0.4 is 15.4 Å². The maximum absolute atomic E-state index is 5.85. The number of anilines is 1. The number of ether oxygens (including phenoxy) is 2. The molecule has 1 aromatic carbocycles. The molecule has 1 aromatic rings. The molecule has 4 heteroatoms. The van der Waals surface area contributed by atoms with Gasteiger partial charge in [0.05, 0.1) is 24.5 Å². The molecule has 0 spiro atoms. The van der Waals surface area contributed by atoms with Crippen molar-refractivity contribution < 1.29 is 9.47 Å². The minimum Gasteiger partial charge on any atom is -0.489 e. The molecule has 0 amide bonds. The minimum atomic E-state index is 0.117. The molecule has 4 nitrogen and oxygen atoms in total. The summed E-state index contributed by atoms with van der Waals surface area (Å²) in [5, 5.41) is 0. The van der Waals surface area contributed by atoms with Crippen LogP contribution in [-0.4, -0.2) is 38.4 Å². The average Bonchev–Trinajstić information content (AvgIpc) is 2.39. The smallest absolute Gasteiger partial charge is 0.142 e. The van der Waals surface area contributed by atoms with Crippen LogP contribution in [0.15, 0.2) is 24.3 Å². The summed E-state index contributed by atoms with van der Waals surface area (Å²) in [6.45, 7) is 7.07. The number of morpholine rings is 1. The van der Waals surface area contributed by atoms with E-state index < -0.39 is 0 Å². The molecular formula is C14H22N2O2. The van der Waals surface area contributed by atoms with E-state index in [4.69, 9.17) is 15.2 Å². The van der Waals surface area contributed by atoms with Crippen molar-refractivity contribution in [3.63, 3.8) is 0 Å². The molecular weight excluding hydrogens is 228 g/mol. The quantitative estimate of drug-likeness (QED) is 0.882. The summed E-state index contributed by atoms with van der Waals surface area (Å²) in [5.41, 5.74) is 6.81. The third kappa shape index (κ3) is 3.15. The lowest BCUT2D eigenvalue weighted by atomic mass is 10.2. The van der Waals surface area contributed by atoms with Gasteiger partial charge in [0, 0.05) is 19.6 Å². The topological polar surface area (TPSA) is 47.7 Å². The van der Waals surface area contributed by atoms with Gasteiger partial charge in [-0.15, -0.1) is 0 Å². The molecule has 1 unspecified atom stereocenters. The second-order valence-electron chi connectivity index (χ2n) is 4.81. The van der Waals surface area contributed by atoms with E-state index in [2.05, 4.69) is 11.0 Å². The lowest BCUT2D eigenvalue weighted by Gasteiger charge is -2.35. The molecule has 0 radical (unpaired) electrons. The Balaban J connectivity index is 2.16. The molecule has 18 heavy (non-hydrogen) atoms. The predicted octanol–water partition coefficient (Wildman–Crippen LogP) is 1.64. The molecule has 1 aliphatic rings. The van der Waals surface area contributed by atoms with Gasteiger partial charge in [0.2, 0.25) is 0 Å². The first-order chi connectivity index (χ1) is 8.70. The Bertz CT molecular complexity index is 382. The Kier molecular flexibility index (Phi) is 4.44. The summed E-state index contributed by atoms with van der Waals surface area (Å²) in [7, 11) is 0. The number of para-hydroxylation sites is 2. The standard InChI is InChI=1S/C14H22N2O2/c1-11(2)18-14-6-4-3-5-13(14)16-7-8-17-12(9-15)10-16/h3-6,11-12H,7-10,15H2,1-2H3. The zero-order valence-electron chi connectivity index (χ0n) is 11.1. The summed E-state index contributed by atoms with van der Waals surface area (Å²) in [5.74, 6) is 0.935. The van der Waals surface area contributed by atoms with E-state index in [0.717, 1.165) is 31.1 Å². The molecule has 0 bridgehead atoms. The fourth-order valence-corrected chi connectivity index (χ4v) is 2.15. The van der Waals surface area contributed by atoms with Gasteiger partial charge in [-0.2, -0.15) is 0 Å². The van der Waals surface area contributed by atoms with Gasteiger partial charge in [-0.1, -0.05) is 12.1 Å². The van der Waals surface area contributed by atoms with Gasteiger partial charge in [-0.25, -0.2) is 0 Å². The maximum atomic E-state index is 5.85. The molecule has 1 aliphatic heterocycles. The Morgan fingerprint density at radius 2 is 2.22 bits per heavy atom. The molecule has 0 aromatic heterocycles. The van der Waals surface area contributed by atoms with Gasteiger partial charge in [-0.05, 0) is 26.0 Å². The summed E-state index contributed by atoms with van der Waals surface area (Å²) in [6, 6.07) is 8.15. The van der Waals surface area contributed by atoms with Gasteiger partial charge < -0.3 is 20.1 Å². The fourth-order valence-electron chi connectivity index (χ4n) is 2.15. The molecule has 1 saturated heterocycles. The van der Waals surface area contributed by atoms with E-state index in [1.807, 2.05) is 32.0 Å². The van der Waals surface area contributed by atoms with Crippen LogP contribution in [0.25, 0.3) is 0 Å². The van der Waals surface area contributed by atoms with E-state index in [1.54, 1.807) is 0 Å². The van der Waals surface area contributed by atoms with Crippen molar-refractivity contribution in [2.45, 2.75) is 26.1 Å². The fraction of sp³-hybridized carbons (Fsp3) is 0.571. The first kappa shape index (κ1) is 13.2. The molecule has 2 rings (SSSR count). The van der Waals surface area contributed by atoms with Gasteiger partial charge in [0.1, 0.15) is 5.75 Å². The maximum Gasteiger partial charge on any atom is 0.142 e. The van der Waals surface area contributed by atoms with Crippen molar-refractivity contribution in [3.05, 3.63) is 24.3 Å². The van der Waals surface area contributed by atoms with Crippen LogP contribution in [0, 0.1) is 0 Å². The summed E-state index contributed by atoms with van der Waals surface area (Å²) < 4.78 is 11.4. The monoisotopic (exact) mass is 250 g/mol.